The molecule has 0 radical (unpaired) electrons. The van der Waals surface area contributed by atoms with Crippen molar-refractivity contribution in [3.63, 3.8) is 0 Å². The van der Waals surface area contributed by atoms with Gasteiger partial charge in [0.05, 0.1) is 18.0 Å². The molecule has 0 bridgehead atoms. The number of pyridine rings is 1. The maximum atomic E-state index is 11.0. The molecule has 0 aromatic carbocycles. The fourth-order valence-electron chi connectivity index (χ4n) is 1.85. The van der Waals surface area contributed by atoms with E-state index in [9.17, 15) is 9.90 Å². The standard InChI is InChI=1S/C14H22N4O4/c1-10-14(20)13(11(6-16-10)9-22-21)7-17-18-12(8-19)4-2-3-5-15/h6-8,12,18,20-21H,2-5,9,15H2,1H3/b17-7+/t12-/m0/s1. The lowest BCUT2D eigenvalue weighted by atomic mass is 10.1. The molecule has 0 saturated heterocycles. The van der Waals surface area contributed by atoms with Crippen LogP contribution in [0.2, 0.25) is 0 Å². The Morgan fingerprint density at radius 2 is 2.32 bits per heavy atom. The first-order chi connectivity index (χ1) is 10.6. The number of aromatic hydroxyl groups is 1. The predicted octanol–water partition coefficient (Wildman–Crippen LogP) is 0.705. The summed E-state index contributed by atoms with van der Waals surface area (Å²) >= 11 is 0. The number of rotatable bonds is 10. The highest BCUT2D eigenvalue weighted by atomic mass is 17.1. The Bertz CT molecular complexity index is 508. The first kappa shape index (κ1) is 18.0. The van der Waals surface area contributed by atoms with Gasteiger partial charge in [0.1, 0.15) is 18.6 Å². The van der Waals surface area contributed by atoms with Crippen molar-refractivity contribution < 1.29 is 20.0 Å². The van der Waals surface area contributed by atoms with Gasteiger partial charge in [-0.3, -0.25) is 15.7 Å². The summed E-state index contributed by atoms with van der Waals surface area (Å²) < 4.78 is 0. The number of nitrogens with two attached hydrogens (primary N) is 1. The second-order valence-electron chi connectivity index (χ2n) is 4.82. The number of unbranched alkanes of at least 4 members (excludes halogenated alkanes) is 1. The SMILES string of the molecule is Cc1ncc(COO)c(/C=N/N[C@H](C=O)CCCCN)c1O. The van der Waals surface area contributed by atoms with E-state index in [-0.39, 0.29) is 12.4 Å². The number of hydrazone groups is 1. The van der Waals surface area contributed by atoms with Gasteiger partial charge in [-0.15, -0.1) is 0 Å². The van der Waals surface area contributed by atoms with Gasteiger partial charge in [-0.2, -0.15) is 5.10 Å². The highest BCUT2D eigenvalue weighted by molar-refractivity contribution is 5.85. The Kier molecular flexibility index (Phi) is 8.05. The molecule has 8 nitrogen and oxygen atoms in total. The summed E-state index contributed by atoms with van der Waals surface area (Å²) in [6.07, 6.45) is 5.93. The number of aryl methyl sites for hydroxylation is 1. The molecule has 1 aromatic rings. The smallest absolute Gasteiger partial charge is 0.145 e. The number of hydrogen-bond acceptors (Lipinski definition) is 8. The van der Waals surface area contributed by atoms with Crippen LogP contribution in [-0.2, 0) is 16.3 Å². The summed E-state index contributed by atoms with van der Waals surface area (Å²) in [6, 6.07) is -0.412. The fraction of sp³-hybridized carbons (Fsp3) is 0.500. The maximum absolute atomic E-state index is 11.0. The third-order valence-electron chi connectivity index (χ3n) is 3.15. The minimum absolute atomic E-state index is 0.0501. The van der Waals surface area contributed by atoms with E-state index in [0.29, 0.717) is 29.8 Å². The molecule has 0 amide bonds. The molecule has 0 aliphatic heterocycles. The van der Waals surface area contributed by atoms with Crippen molar-refractivity contribution in [3.8, 4) is 5.75 Å². The van der Waals surface area contributed by atoms with Gasteiger partial charge in [0.15, 0.2) is 0 Å². The van der Waals surface area contributed by atoms with Crippen LogP contribution in [0.1, 0.15) is 36.1 Å². The van der Waals surface area contributed by atoms with Crippen LogP contribution in [0.4, 0.5) is 0 Å². The van der Waals surface area contributed by atoms with Gasteiger partial charge in [0.2, 0.25) is 0 Å². The number of nitrogens with zero attached hydrogens (tertiary/aromatic N) is 2. The summed E-state index contributed by atoms with van der Waals surface area (Å²) in [5.41, 5.74) is 9.40. The molecule has 1 rings (SSSR count). The second-order valence-corrected chi connectivity index (χ2v) is 4.82. The molecule has 1 heterocycles. The van der Waals surface area contributed by atoms with Crippen molar-refractivity contribution in [3.05, 3.63) is 23.0 Å². The average Bonchev–Trinajstić information content (AvgIpc) is 2.52. The zero-order chi connectivity index (χ0) is 16.4. The zero-order valence-electron chi connectivity index (χ0n) is 12.5. The van der Waals surface area contributed by atoms with Crippen LogP contribution in [0.3, 0.4) is 0 Å². The molecule has 0 unspecified atom stereocenters. The van der Waals surface area contributed by atoms with Crippen molar-refractivity contribution in [2.24, 2.45) is 10.8 Å². The number of nitrogens with one attached hydrogen (secondary N) is 1. The van der Waals surface area contributed by atoms with Gasteiger partial charge in [-0.25, -0.2) is 4.89 Å². The first-order valence-electron chi connectivity index (χ1n) is 7.01. The highest BCUT2D eigenvalue weighted by Gasteiger charge is 2.11. The second kappa shape index (κ2) is 9.82. The molecule has 0 spiro atoms. The van der Waals surface area contributed by atoms with Crippen LogP contribution in [-0.4, -0.2) is 40.4 Å². The van der Waals surface area contributed by atoms with E-state index in [1.807, 2.05) is 0 Å². The lowest BCUT2D eigenvalue weighted by molar-refractivity contribution is -0.253. The van der Waals surface area contributed by atoms with Crippen molar-refractivity contribution in [2.75, 3.05) is 6.54 Å². The Labute approximate surface area is 128 Å². The molecule has 1 aromatic heterocycles. The zero-order valence-corrected chi connectivity index (χ0v) is 12.5. The predicted molar refractivity (Wildman–Crippen MR) is 81.5 cm³/mol. The Balaban J connectivity index is 2.75. The van der Waals surface area contributed by atoms with Crippen LogP contribution >= 0.6 is 0 Å². The molecule has 0 saturated carbocycles. The van der Waals surface area contributed by atoms with E-state index in [2.05, 4.69) is 20.4 Å². The largest absolute Gasteiger partial charge is 0.505 e. The molecule has 0 aliphatic rings. The van der Waals surface area contributed by atoms with E-state index < -0.39 is 6.04 Å². The summed E-state index contributed by atoms with van der Waals surface area (Å²) in [5, 5.41) is 22.5. The summed E-state index contributed by atoms with van der Waals surface area (Å²) in [4.78, 5) is 19.0. The summed E-state index contributed by atoms with van der Waals surface area (Å²) in [5.74, 6) is -0.0501. The van der Waals surface area contributed by atoms with E-state index in [1.54, 1.807) is 6.92 Å². The van der Waals surface area contributed by atoms with Gasteiger partial charge >= 0.3 is 0 Å². The quantitative estimate of drug-likeness (QED) is 0.164. The van der Waals surface area contributed by atoms with Crippen molar-refractivity contribution in [1.29, 1.82) is 0 Å². The first-order valence-corrected chi connectivity index (χ1v) is 7.01. The van der Waals surface area contributed by atoms with Crippen LogP contribution in [0.25, 0.3) is 0 Å². The van der Waals surface area contributed by atoms with Gasteiger partial charge in [-0.1, -0.05) is 0 Å². The van der Waals surface area contributed by atoms with E-state index in [1.165, 1.54) is 12.4 Å². The van der Waals surface area contributed by atoms with Crippen LogP contribution in [0, 0.1) is 6.92 Å². The van der Waals surface area contributed by atoms with Crippen LogP contribution < -0.4 is 11.2 Å². The lowest BCUT2D eigenvalue weighted by Crippen LogP contribution is -2.26. The Hall–Kier alpha value is -2.03. The minimum atomic E-state index is -0.412. The molecule has 1 atom stereocenters. The normalized spacial score (nSPS) is 12.5. The third-order valence-corrected chi connectivity index (χ3v) is 3.15. The summed E-state index contributed by atoms with van der Waals surface area (Å²) in [6.45, 7) is 2.10. The van der Waals surface area contributed by atoms with Crippen LogP contribution in [0.15, 0.2) is 11.3 Å². The maximum Gasteiger partial charge on any atom is 0.145 e. The number of carbonyl (C=O) groups is 1. The van der Waals surface area contributed by atoms with Crippen molar-refractivity contribution in [1.82, 2.24) is 10.4 Å². The van der Waals surface area contributed by atoms with E-state index in [0.717, 1.165) is 19.1 Å². The Morgan fingerprint density at radius 3 is 2.95 bits per heavy atom. The molecule has 8 heteroatoms. The van der Waals surface area contributed by atoms with Crippen molar-refractivity contribution in [2.45, 2.75) is 38.8 Å². The topological polar surface area (TPSA) is 130 Å². The van der Waals surface area contributed by atoms with Gasteiger partial charge in [0, 0.05) is 17.3 Å². The monoisotopic (exact) mass is 310 g/mol. The molecule has 5 N–H and O–H groups in total. The third kappa shape index (κ3) is 5.40. The highest BCUT2D eigenvalue weighted by Crippen LogP contribution is 2.22. The van der Waals surface area contributed by atoms with Gasteiger partial charge in [0.25, 0.3) is 0 Å². The van der Waals surface area contributed by atoms with Crippen molar-refractivity contribution >= 4 is 12.5 Å². The average molecular weight is 310 g/mol. The Morgan fingerprint density at radius 1 is 1.55 bits per heavy atom. The molecule has 0 fully saturated rings. The summed E-state index contributed by atoms with van der Waals surface area (Å²) in [7, 11) is 0. The van der Waals surface area contributed by atoms with E-state index in [4.69, 9.17) is 11.0 Å². The molecular formula is C14H22N4O4. The molecule has 122 valence electrons. The fourth-order valence-corrected chi connectivity index (χ4v) is 1.85. The van der Waals surface area contributed by atoms with Crippen LogP contribution in [0.5, 0.6) is 5.75 Å². The number of aromatic nitrogens is 1. The lowest BCUT2D eigenvalue weighted by Gasteiger charge is -2.10. The number of carbonyl (C=O) groups excluding carboxylic acids is 1. The number of aldehydes is 1. The number of hydrogen-bond donors (Lipinski definition) is 4. The van der Waals surface area contributed by atoms with E-state index >= 15 is 0 Å². The molecular weight excluding hydrogens is 288 g/mol. The molecule has 22 heavy (non-hydrogen) atoms. The molecule has 0 aliphatic carbocycles. The van der Waals surface area contributed by atoms with Gasteiger partial charge in [-0.05, 0) is 32.7 Å². The van der Waals surface area contributed by atoms with Gasteiger partial charge < -0.3 is 15.6 Å². The minimum Gasteiger partial charge on any atom is -0.505 e.